The van der Waals surface area contributed by atoms with Gasteiger partial charge in [-0.15, -0.1) is 0 Å². The first-order chi connectivity index (χ1) is 6.18. The van der Waals surface area contributed by atoms with Crippen LogP contribution in [0.2, 0.25) is 0 Å². The van der Waals surface area contributed by atoms with Gasteiger partial charge in [-0.25, -0.2) is 4.79 Å². The first kappa shape index (κ1) is 8.04. The predicted molar refractivity (Wildman–Crippen MR) is 46.0 cm³/mol. The van der Waals surface area contributed by atoms with Crippen molar-refractivity contribution in [1.82, 2.24) is 4.98 Å². The molecule has 2 rings (SSSR count). The van der Waals surface area contributed by atoms with Gasteiger partial charge in [0.25, 0.3) is 0 Å². The molecule has 0 aromatic carbocycles. The van der Waals surface area contributed by atoms with Crippen LogP contribution in [0.25, 0.3) is 0 Å². The SMILES string of the molecule is O=C(O)c1[nH]c(=O)ccc1C1CC1. The van der Waals surface area contributed by atoms with Crippen LogP contribution in [-0.4, -0.2) is 16.1 Å². The van der Waals surface area contributed by atoms with Crippen molar-refractivity contribution in [3.63, 3.8) is 0 Å². The van der Waals surface area contributed by atoms with Gasteiger partial charge in [-0.3, -0.25) is 4.79 Å². The van der Waals surface area contributed by atoms with Gasteiger partial charge in [-0.05, 0) is 24.3 Å². The largest absolute Gasteiger partial charge is 0.477 e. The van der Waals surface area contributed by atoms with Crippen molar-refractivity contribution < 1.29 is 9.90 Å². The van der Waals surface area contributed by atoms with E-state index in [-0.39, 0.29) is 11.3 Å². The Bertz CT molecular complexity index is 404. The van der Waals surface area contributed by atoms with Crippen molar-refractivity contribution in [2.24, 2.45) is 0 Å². The zero-order valence-corrected chi connectivity index (χ0v) is 6.91. The number of hydrogen-bond donors (Lipinski definition) is 2. The number of aromatic carboxylic acids is 1. The van der Waals surface area contributed by atoms with Gasteiger partial charge in [-0.1, -0.05) is 6.07 Å². The molecule has 0 unspecified atom stereocenters. The number of carboxylic acid groups (broad SMARTS) is 1. The Morgan fingerprint density at radius 3 is 2.69 bits per heavy atom. The summed E-state index contributed by atoms with van der Waals surface area (Å²) in [7, 11) is 0. The molecule has 0 aliphatic heterocycles. The second-order valence-corrected chi connectivity index (χ2v) is 3.23. The van der Waals surface area contributed by atoms with E-state index in [1.807, 2.05) is 0 Å². The third-order valence-electron chi connectivity index (χ3n) is 2.18. The lowest BCUT2D eigenvalue weighted by Gasteiger charge is -2.01. The molecule has 0 amide bonds. The summed E-state index contributed by atoms with van der Waals surface area (Å²) in [6, 6.07) is 2.99. The van der Waals surface area contributed by atoms with Crippen molar-refractivity contribution >= 4 is 5.97 Å². The number of carbonyl (C=O) groups is 1. The van der Waals surface area contributed by atoms with Gasteiger partial charge >= 0.3 is 5.97 Å². The summed E-state index contributed by atoms with van der Waals surface area (Å²) in [6.45, 7) is 0. The number of aromatic nitrogens is 1. The van der Waals surface area contributed by atoms with Crippen LogP contribution in [0, 0.1) is 0 Å². The van der Waals surface area contributed by atoms with E-state index in [1.54, 1.807) is 6.07 Å². The summed E-state index contributed by atoms with van der Waals surface area (Å²) < 4.78 is 0. The quantitative estimate of drug-likeness (QED) is 0.710. The maximum Gasteiger partial charge on any atom is 0.352 e. The number of carboxylic acids is 1. The highest BCUT2D eigenvalue weighted by atomic mass is 16.4. The fourth-order valence-corrected chi connectivity index (χ4v) is 1.40. The van der Waals surface area contributed by atoms with E-state index in [2.05, 4.69) is 4.98 Å². The van der Waals surface area contributed by atoms with E-state index in [9.17, 15) is 9.59 Å². The fraction of sp³-hybridized carbons (Fsp3) is 0.333. The molecule has 1 heterocycles. The number of hydrogen-bond acceptors (Lipinski definition) is 2. The third-order valence-corrected chi connectivity index (χ3v) is 2.18. The minimum Gasteiger partial charge on any atom is -0.477 e. The highest BCUT2D eigenvalue weighted by molar-refractivity contribution is 5.87. The molecule has 0 saturated heterocycles. The summed E-state index contributed by atoms with van der Waals surface area (Å²) in [4.78, 5) is 23.9. The maximum absolute atomic E-state index is 10.9. The normalized spacial score (nSPS) is 15.7. The molecule has 1 aliphatic carbocycles. The molecule has 4 nitrogen and oxygen atoms in total. The van der Waals surface area contributed by atoms with Crippen LogP contribution in [0.15, 0.2) is 16.9 Å². The average Bonchev–Trinajstić information content (AvgIpc) is 2.87. The maximum atomic E-state index is 10.9. The Kier molecular flexibility index (Phi) is 1.69. The van der Waals surface area contributed by atoms with Crippen LogP contribution in [0.5, 0.6) is 0 Å². The van der Waals surface area contributed by atoms with E-state index in [4.69, 9.17) is 5.11 Å². The van der Waals surface area contributed by atoms with Gasteiger partial charge in [0.05, 0.1) is 0 Å². The molecule has 2 N–H and O–H groups in total. The third kappa shape index (κ3) is 1.47. The first-order valence-electron chi connectivity index (χ1n) is 4.15. The van der Waals surface area contributed by atoms with Crippen molar-refractivity contribution in [3.8, 4) is 0 Å². The fourth-order valence-electron chi connectivity index (χ4n) is 1.40. The van der Waals surface area contributed by atoms with Gasteiger partial charge < -0.3 is 10.1 Å². The molecule has 1 saturated carbocycles. The average molecular weight is 179 g/mol. The minimum atomic E-state index is -1.06. The van der Waals surface area contributed by atoms with Crippen molar-refractivity contribution in [2.45, 2.75) is 18.8 Å². The predicted octanol–water partition coefficient (Wildman–Crippen LogP) is 0.950. The monoisotopic (exact) mass is 179 g/mol. The molecule has 1 aliphatic rings. The van der Waals surface area contributed by atoms with Crippen LogP contribution in [0.4, 0.5) is 0 Å². The molecule has 1 aromatic rings. The Morgan fingerprint density at radius 2 is 2.15 bits per heavy atom. The second kappa shape index (κ2) is 2.73. The van der Waals surface area contributed by atoms with E-state index < -0.39 is 5.97 Å². The Labute approximate surface area is 74.2 Å². The number of nitrogens with one attached hydrogen (secondary N) is 1. The van der Waals surface area contributed by atoms with Gasteiger partial charge in [0.2, 0.25) is 5.56 Å². The topological polar surface area (TPSA) is 70.2 Å². The van der Waals surface area contributed by atoms with Crippen LogP contribution < -0.4 is 5.56 Å². The van der Waals surface area contributed by atoms with Gasteiger partial charge in [0, 0.05) is 6.07 Å². The molecule has 0 radical (unpaired) electrons. The second-order valence-electron chi connectivity index (χ2n) is 3.23. The summed E-state index contributed by atoms with van der Waals surface area (Å²) in [5.41, 5.74) is 0.448. The number of rotatable bonds is 2. The molecule has 0 atom stereocenters. The molecular formula is C9H9NO3. The first-order valence-corrected chi connectivity index (χ1v) is 4.15. The number of aromatic amines is 1. The molecule has 0 bridgehead atoms. The highest BCUT2D eigenvalue weighted by Crippen LogP contribution is 2.40. The lowest BCUT2D eigenvalue weighted by atomic mass is 10.1. The molecule has 1 fully saturated rings. The Morgan fingerprint density at radius 1 is 1.46 bits per heavy atom. The lowest BCUT2D eigenvalue weighted by Crippen LogP contribution is -2.14. The lowest BCUT2D eigenvalue weighted by molar-refractivity contribution is 0.0689. The zero-order chi connectivity index (χ0) is 9.42. The highest BCUT2D eigenvalue weighted by Gasteiger charge is 2.28. The van der Waals surface area contributed by atoms with Crippen LogP contribution >= 0.6 is 0 Å². The van der Waals surface area contributed by atoms with E-state index in [1.165, 1.54) is 6.07 Å². The summed E-state index contributed by atoms with van der Waals surface area (Å²) in [5, 5.41) is 8.80. The Balaban J connectivity index is 2.53. The Hall–Kier alpha value is -1.58. The van der Waals surface area contributed by atoms with Crippen LogP contribution in [0.1, 0.15) is 34.8 Å². The van der Waals surface area contributed by atoms with Crippen molar-refractivity contribution in [3.05, 3.63) is 33.7 Å². The molecule has 0 spiro atoms. The number of pyridine rings is 1. The van der Waals surface area contributed by atoms with E-state index in [0.29, 0.717) is 5.92 Å². The summed E-state index contributed by atoms with van der Waals surface area (Å²) >= 11 is 0. The number of H-pyrrole nitrogens is 1. The molecule has 4 heteroatoms. The molecule has 1 aromatic heterocycles. The molecular weight excluding hydrogens is 170 g/mol. The van der Waals surface area contributed by atoms with E-state index in [0.717, 1.165) is 18.4 Å². The summed E-state index contributed by atoms with van der Waals surface area (Å²) in [5.74, 6) is -0.720. The van der Waals surface area contributed by atoms with Crippen molar-refractivity contribution in [2.75, 3.05) is 0 Å². The van der Waals surface area contributed by atoms with Crippen molar-refractivity contribution in [1.29, 1.82) is 0 Å². The standard InChI is InChI=1S/C9H9NO3/c11-7-4-3-6(5-1-2-5)8(10-7)9(12)13/h3-5H,1-2H2,(H,10,11)(H,12,13). The molecule has 13 heavy (non-hydrogen) atoms. The van der Waals surface area contributed by atoms with Gasteiger partial charge in [0.15, 0.2) is 0 Å². The summed E-state index contributed by atoms with van der Waals surface area (Å²) in [6.07, 6.45) is 2.04. The van der Waals surface area contributed by atoms with Gasteiger partial charge in [-0.2, -0.15) is 0 Å². The van der Waals surface area contributed by atoms with Crippen LogP contribution in [0.3, 0.4) is 0 Å². The molecule has 68 valence electrons. The minimum absolute atomic E-state index is 0.0509. The smallest absolute Gasteiger partial charge is 0.352 e. The van der Waals surface area contributed by atoms with E-state index >= 15 is 0 Å². The van der Waals surface area contributed by atoms with Gasteiger partial charge in [0.1, 0.15) is 5.69 Å². The zero-order valence-electron chi connectivity index (χ0n) is 6.91. The van der Waals surface area contributed by atoms with Crippen LogP contribution in [-0.2, 0) is 0 Å².